The third-order valence-corrected chi connectivity index (χ3v) is 7.66. The largest absolute Gasteiger partial charge is 0.355 e. The smallest absolute Gasteiger partial charge is 0.223 e. The number of aromatic nitrogens is 1. The third-order valence-electron chi connectivity index (χ3n) is 4.84. The Morgan fingerprint density at radius 3 is 2.63 bits per heavy atom. The first kappa shape index (κ1) is 20.0. The van der Waals surface area contributed by atoms with Crippen LogP contribution in [0, 0.1) is 5.92 Å². The Kier molecular flexibility index (Phi) is 6.62. The van der Waals surface area contributed by atoms with E-state index in [-0.39, 0.29) is 17.6 Å². The highest BCUT2D eigenvalue weighted by atomic mass is 32.2. The van der Waals surface area contributed by atoms with Crippen molar-refractivity contribution in [3.8, 4) is 10.6 Å². The number of thiazole rings is 1. The predicted octanol–water partition coefficient (Wildman–Crippen LogP) is 2.53. The first-order valence-corrected chi connectivity index (χ1v) is 11.7. The fourth-order valence-corrected chi connectivity index (χ4v) is 5.16. The molecule has 146 valence electrons. The minimum absolute atomic E-state index is 0.0158. The number of sulfonamides is 1. The Bertz CT molecular complexity index is 857. The summed E-state index contributed by atoms with van der Waals surface area (Å²) in [4.78, 5) is 17.0. The number of carbonyl (C=O) groups excluding carboxylic acids is 1. The molecule has 1 aliphatic rings. The molecule has 0 spiro atoms. The van der Waals surface area contributed by atoms with Crippen molar-refractivity contribution in [2.75, 3.05) is 25.4 Å². The minimum atomic E-state index is -3.15. The van der Waals surface area contributed by atoms with Crippen molar-refractivity contribution in [2.45, 2.75) is 26.2 Å². The second-order valence-electron chi connectivity index (χ2n) is 6.62. The van der Waals surface area contributed by atoms with Gasteiger partial charge in [0.1, 0.15) is 5.01 Å². The molecule has 0 unspecified atom stereocenters. The molecular weight excluding hydrogens is 382 g/mol. The second kappa shape index (κ2) is 8.95. The van der Waals surface area contributed by atoms with Gasteiger partial charge in [-0.1, -0.05) is 30.3 Å². The molecule has 1 N–H and O–H groups in total. The fraction of sp³-hybridized carbons (Fsp3) is 0.474. The van der Waals surface area contributed by atoms with Crippen LogP contribution in [0.2, 0.25) is 0 Å². The summed E-state index contributed by atoms with van der Waals surface area (Å²) in [5, 5.41) is 5.99. The predicted molar refractivity (Wildman–Crippen MR) is 108 cm³/mol. The first-order valence-electron chi connectivity index (χ1n) is 9.25. The van der Waals surface area contributed by atoms with E-state index in [0.29, 0.717) is 38.9 Å². The van der Waals surface area contributed by atoms with E-state index in [1.807, 2.05) is 35.7 Å². The summed E-state index contributed by atoms with van der Waals surface area (Å²) in [6.07, 6.45) is 1.86. The number of amides is 1. The van der Waals surface area contributed by atoms with Gasteiger partial charge in [0.05, 0.1) is 11.4 Å². The molecule has 0 radical (unpaired) electrons. The van der Waals surface area contributed by atoms with Crippen LogP contribution in [0.1, 0.15) is 25.5 Å². The van der Waals surface area contributed by atoms with Crippen LogP contribution in [-0.4, -0.2) is 49.0 Å². The van der Waals surface area contributed by atoms with Crippen LogP contribution in [0.4, 0.5) is 0 Å². The van der Waals surface area contributed by atoms with Crippen molar-refractivity contribution in [2.24, 2.45) is 5.92 Å². The van der Waals surface area contributed by atoms with Crippen LogP contribution < -0.4 is 5.32 Å². The zero-order valence-corrected chi connectivity index (χ0v) is 17.1. The SMILES string of the molecule is CCS(=O)(=O)N1CCC(C(=O)NCCc2csc(-c3ccccc3)n2)CC1. The van der Waals surface area contributed by atoms with Crippen molar-refractivity contribution in [1.29, 1.82) is 0 Å². The lowest BCUT2D eigenvalue weighted by molar-refractivity contribution is -0.126. The molecule has 1 amide bonds. The lowest BCUT2D eigenvalue weighted by Crippen LogP contribution is -2.43. The van der Waals surface area contributed by atoms with Crippen molar-refractivity contribution in [3.05, 3.63) is 41.4 Å². The summed E-state index contributed by atoms with van der Waals surface area (Å²) in [5.74, 6) is 0.0216. The zero-order valence-electron chi connectivity index (χ0n) is 15.4. The zero-order chi connectivity index (χ0) is 19.3. The number of nitrogens with one attached hydrogen (secondary N) is 1. The lowest BCUT2D eigenvalue weighted by atomic mass is 9.97. The normalized spacial score (nSPS) is 16.3. The molecule has 3 rings (SSSR count). The average molecular weight is 408 g/mol. The first-order chi connectivity index (χ1) is 13.0. The Hall–Kier alpha value is -1.77. The monoisotopic (exact) mass is 407 g/mol. The quantitative estimate of drug-likeness (QED) is 0.765. The van der Waals surface area contributed by atoms with Crippen molar-refractivity contribution in [3.63, 3.8) is 0 Å². The van der Waals surface area contributed by atoms with Gasteiger partial charge in [-0.2, -0.15) is 0 Å². The van der Waals surface area contributed by atoms with Gasteiger partial charge in [-0.25, -0.2) is 17.7 Å². The van der Waals surface area contributed by atoms with E-state index >= 15 is 0 Å². The lowest BCUT2D eigenvalue weighted by Gasteiger charge is -2.30. The van der Waals surface area contributed by atoms with Crippen molar-refractivity contribution in [1.82, 2.24) is 14.6 Å². The van der Waals surface area contributed by atoms with Gasteiger partial charge in [-0.05, 0) is 19.8 Å². The fourth-order valence-electron chi connectivity index (χ4n) is 3.17. The number of rotatable bonds is 7. The number of hydrogen-bond acceptors (Lipinski definition) is 5. The Morgan fingerprint density at radius 1 is 1.26 bits per heavy atom. The van der Waals surface area contributed by atoms with Gasteiger partial charge in [-0.15, -0.1) is 11.3 Å². The van der Waals surface area contributed by atoms with Gasteiger partial charge in [0.25, 0.3) is 0 Å². The molecule has 0 saturated carbocycles. The Balaban J connectivity index is 1.44. The van der Waals surface area contributed by atoms with E-state index in [4.69, 9.17) is 0 Å². The van der Waals surface area contributed by atoms with Gasteiger partial charge in [0.15, 0.2) is 0 Å². The van der Waals surface area contributed by atoms with Crippen LogP contribution in [0.25, 0.3) is 10.6 Å². The van der Waals surface area contributed by atoms with Crippen molar-refractivity contribution >= 4 is 27.3 Å². The number of carbonyl (C=O) groups is 1. The molecular formula is C19H25N3O3S2. The highest BCUT2D eigenvalue weighted by Crippen LogP contribution is 2.23. The van der Waals surface area contributed by atoms with Crippen LogP contribution in [-0.2, 0) is 21.2 Å². The summed E-state index contributed by atoms with van der Waals surface area (Å²) < 4.78 is 25.3. The van der Waals surface area contributed by atoms with Gasteiger partial charge in [0.2, 0.25) is 15.9 Å². The molecule has 6 nitrogen and oxygen atoms in total. The number of piperidine rings is 1. The van der Waals surface area contributed by atoms with E-state index in [9.17, 15) is 13.2 Å². The van der Waals surface area contributed by atoms with Gasteiger partial charge < -0.3 is 5.32 Å². The molecule has 0 atom stereocenters. The molecule has 1 aliphatic heterocycles. The van der Waals surface area contributed by atoms with E-state index in [1.165, 1.54) is 4.31 Å². The summed E-state index contributed by atoms with van der Waals surface area (Å²) in [7, 11) is -3.15. The van der Waals surface area contributed by atoms with E-state index in [0.717, 1.165) is 16.3 Å². The van der Waals surface area contributed by atoms with Crippen LogP contribution >= 0.6 is 11.3 Å². The standard InChI is InChI=1S/C19H25N3O3S2/c1-2-27(24,25)22-12-9-15(10-13-22)18(23)20-11-8-17-14-26-19(21-17)16-6-4-3-5-7-16/h3-7,14-15H,2,8-13H2,1H3,(H,20,23). The maximum Gasteiger partial charge on any atom is 0.223 e. The molecule has 1 fully saturated rings. The number of hydrogen-bond donors (Lipinski definition) is 1. The summed E-state index contributed by atoms with van der Waals surface area (Å²) in [6.45, 7) is 3.06. The molecule has 1 aromatic carbocycles. The second-order valence-corrected chi connectivity index (χ2v) is 9.74. The molecule has 8 heteroatoms. The molecule has 1 saturated heterocycles. The molecule has 2 heterocycles. The van der Waals surface area contributed by atoms with Crippen molar-refractivity contribution < 1.29 is 13.2 Å². The Morgan fingerprint density at radius 2 is 1.96 bits per heavy atom. The highest BCUT2D eigenvalue weighted by molar-refractivity contribution is 7.89. The third kappa shape index (κ3) is 5.15. The van der Waals surface area contributed by atoms with Gasteiger partial charge in [-0.3, -0.25) is 4.79 Å². The van der Waals surface area contributed by atoms with Gasteiger partial charge >= 0.3 is 0 Å². The summed E-state index contributed by atoms with van der Waals surface area (Å²) >= 11 is 1.61. The van der Waals surface area contributed by atoms with Gasteiger partial charge in [0, 0.05) is 42.9 Å². The molecule has 27 heavy (non-hydrogen) atoms. The number of nitrogens with zero attached hydrogens (tertiary/aromatic N) is 2. The van der Waals surface area contributed by atoms with E-state index in [1.54, 1.807) is 18.3 Å². The number of benzene rings is 1. The minimum Gasteiger partial charge on any atom is -0.355 e. The maximum atomic E-state index is 12.3. The molecule has 0 aliphatic carbocycles. The Labute approximate surface area is 164 Å². The highest BCUT2D eigenvalue weighted by Gasteiger charge is 2.29. The molecule has 1 aromatic heterocycles. The van der Waals surface area contributed by atoms with E-state index < -0.39 is 10.0 Å². The molecule has 0 bridgehead atoms. The van der Waals surface area contributed by atoms with E-state index in [2.05, 4.69) is 10.3 Å². The summed E-state index contributed by atoms with van der Waals surface area (Å²) in [6, 6.07) is 10.0. The average Bonchev–Trinajstić information content (AvgIpc) is 3.17. The maximum absolute atomic E-state index is 12.3. The van der Waals surface area contributed by atoms with Crippen LogP contribution in [0.3, 0.4) is 0 Å². The summed E-state index contributed by atoms with van der Waals surface area (Å²) in [5.41, 5.74) is 2.08. The molecule has 2 aromatic rings. The van der Waals surface area contributed by atoms with Crippen LogP contribution in [0.5, 0.6) is 0 Å². The topological polar surface area (TPSA) is 79.4 Å². The van der Waals surface area contributed by atoms with Crippen LogP contribution in [0.15, 0.2) is 35.7 Å².